The van der Waals surface area contributed by atoms with Crippen molar-refractivity contribution in [1.82, 2.24) is 14.3 Å². The Hall–Kier alpha value is -3.90. The summed E-state index contributed by atoms with van der Waals surface area (Å²) >= 11 is 1.01. The number of hydrogen-bond donors (Lipinski definition) is 1. The summed E-state index contributed by atoms with van der Waals surface area (Å²) < 4.78 is 7.86. The van der Waals surface area contributed by atoms with Crippen molar-refractivity contribution in [3.63, 3.8) is 0 Å². The van der Waals surface area contributed by atoms with Crippen LogP contribution >= 0.6 is 28.7 Å². The molecule has 1 aromatic heterocycles. The Bertz CT molecular complexity index is 1480. The zero-order valence-corrected chi connectivity index (χ0v) is 22.9. The minimum atomic E-state index is -0.520. The monoisotopic (exact) mass is 585 g/mol. The second kappa shape index (κ2) is 11.4. The van der Waals surface area contributed by atoms with E-state index in [1.165, 1.54) is 41.9 Å². The number of benzene rings is 2. The van der Waals surface area contributed by atoms with Crippen molar-refractivity contribution >= 4 is 63.1 Å². The molecule has 1 saturated heterocycles. The van der Waals surface area contributed by atoms with Crippen LogP contribution in [0.2, 0.25) is 0 Å². The van der Waals surface area contributed by atoms with Crippen LogP contribution in [-0.2, 0) is 21.4 Å². The van der Waals surface area contributed by atoms with Gasteiger partial charge in [0.25, 0.3) is 11.5 Å². The molecule has 0 unspecified atom stereocenters. The van der Waals surface area contributed by atoms with Crippen LogP contribution in [0.15, 0.2) is 75.4 Å². The lowest BCUT2D eigenvalue weighted by Gasteiger charge is -2.07. The lowest BCUT2D eigenvalue weighted by Crippen LogP contribution is -2.24. The summed E-state index contributed by atoms with van der Waals surface area (Å²) in [7, 11) is 4.58. The van der Waals surface area contributed by atoms with Gasteiger partial charge in [-0.1, -0.05) is 18.2 Å². The van der Waals surface area contributed by atoms with Crippen molar-refractivity contribution < 1.29 is 19.1 Å². The molecule has 4 rings (SSSR count). The number of carbonyl (C=O) groups excluding carboxylic acids is 3. The Labute approximate surface area is 227 Å². The molecule has 12 heteroatoms. The Morgan fingerprint density at radius 2 is 1.68 bits per heavy atom. The van der Waals surface area contributed by atoms with E-state index < -0.39 is 17.8 Å². The maximum atomic E-state index is 13.1. The number of nitrogens with zero attached hydrogens (tertiary/aromatic N) is 4. The Morgan fingerprint density at radius 1 is 1.03 bits per heavy atom. The van der Waals surface area contributed by atoms with Gasteiger partial charge in [0, 0.05) is 25.9 Å². The van der Waals surface area contributed by atoms with Crippen molar-refractivity contribution in [3.05, 3.63) is 87.2 Å². The number of methoxy groups -OCH3 is 1. The highest BCUT2D eigenvalue weighted by molar-refractivity contribution is 8.93. The number of amides is 2. The number of anilines is 1. The first-order valence-corrected chi connectivity index (χ1v) is 11.6. The van der Waals surface area contributed by atoms with Crippen LogP contribution in [0.1, 0.15) is 16.1 Å². The zero-order valence-electron chi connectivity index (χ0n) is 20.4. The van der Waals surface area contributed by atoms with Gasteiger partial charge in [-0.05, 0) is 55.1 Å². The van der Waals surface area contributed by atoms with E-state index in [1.807, 2.05) is 30.3 Å². The summed E-state index contributed by atoms with van der Waals surface area (Å²) in [6.07, 6.45) is 1.18. The number of para-hydroxylation sites is 1. The maximum absolute atomic E-state index is 13.1. The number of halogens is 1. The molecule has 0 saturated carbocycles. The topological polar surface area (TPSA) is 115 Å². The van der Waals surface area contributed by atoms with Gasteiger partial charge in [-0.15, -0.1) is 17.0 Å². The third kappa shape index (κ3) is 5.59. The maximum Gasteiger partial charge on any atom is 0.337 e. The smallest absolute Gasteiger partial charge is 0.337 e. The van der Waals surface area contributed by atoms with Crippen LogP contribution in [0, 0.1) is 6.92 Å². The molecule has 1 aliphatic rings. The molecule has 1 aliphatic heterocycles. The first kappa shape index (κ1) is 27.7. The molecule has 2 amide bonds. The molecule has 192 valence electrons. The lowest BCUT2D eigenvalue weighted by molar-refractivity contribution is -0.121. The molecule has 2 aromatic carbocycles. The van der Waals surface area contributed by atoms with Crippen LogP contribution in [-0.4, -0.2) is 51.4 Å². The number of rotatable bonds is 5. The zero-order chi connectivity index (χ0) is 26.0. The van der Waals surface area contributed by atoms with Crippen LogP contribution in [0.5, 0.6) is 0 Å². The molecule has 37 heavy (non-hydrogen) atoms. The summed E-state index contributed by atoms with van der Waals surface area (Å²) in [5, 5.41) is 2.94. The molecular formula is C25H24BrN5O5S. The van der Waals surface area contributed by atoms with E-state index in [-0.39, 0.29) is 38.3 Å². The third-order valence-electron chi connectivity index (χ3n) is 5.57. The van der Waals surface area contributed by atoms with Gasteiger partial charge < -0.3 is 10.1 Å². The molecular weight excluding hydrogens is 562 g/mol. The fourth-order valence-corrected chi connectivity index (χ4v) is 4.48. The average Bonchev–Trinajstić information content (AvgIpc) is 3.26. The number of thioether (sulfide) groups is 1. The van der Waals surface area contributed by atoms with Gasteiger partial charge in [0.2, 0.25) is 5.91 Å². The fourth-order valence-electron chi connectivity index (χ4n) is 3.54. The number of aromatic nitrogens is 2. The number of hydrogen-bond acceptors (Lipinski definition) is 7. The average molecular weight is 586 g/mol. The quantitative estimate of drug-likeness (QED) is 0.361. The number of amidine groups is 1. The minimum absolute atomic E-state index is 0. The van der Waals surface area contributed by atoms with Crippen molar-refractivity contribution in [3.8, 4) is 5.69 Å². The summed E-state index contributed by atoms with van der Waals surface area (Å²) in [6, 6.07) is 15.3. The normalized spacial score (nSPS) is 15.1. The highest BCUT2D eigenvalue weighted by Crippen LogP contribution is 2.32. The minimum Gasteiger partial charge on any atom is -0.465 e. The van der Waals surface area contributed by atoms with Gasteiger partial charge in [-0.25, -0.2) is 14.5 Å². The number of nitrogens with one attached hydrogen (secondary N) is 1. The van der Waals surface area contributed by atoms with Gasteiger partial charge in [0.05, 0.1) is 29.0 Å². The standard InChI is InChI=1S/C25H23N5O5S.BrH/c1-15-21(23(33)30(29(15)3)18-8-6-5-7-9-18)27-25-28(2)22(32)19(36-25)14-20(31)26-17-12-10-16(11-13-17)24(34)35-4;/h5-14H,1-4H3,(H,26,31);1H/b19-14+,27-25?;. The predicted octanol–water partition coefficient (Wildman–Crippen LogP) is 3.56. The first-order chi connectivity index (χ1) is 17.2. The lowest BCUT2D eigenvalue weighted by atomic mass is 10.2. The predicted molar refractivity (Wildman–Crippen MR) is 148 cm³/mol. The van der Waals surface area contributed by atoms with E-state index in [2.05, 4.69) is 15.0 Å². The van der Waals surface area contributed by atoms with E-state index in [4.69, 9.17) is 0 Å². The molecule has 1 N–H and O–H groups in total. The Morgan fingerprint density at radius 3 is 2.30 bits per heavy atom. The second-order valence-electron chi connectivity index (χ2n) is 7.84. The van der Waals surface area contributed by atoms with E-state index >= 15 is 0 Å². The number of likely N-dealkylation sites (N-methyl/N-ethyl adjacent to an activating group) is 1. The SMILES string of the molecule is Br.COC(=O)c1ccc(NC(=O)/C=C2/SC(=Nc3c(C)n(C)n(-c4ccccc4)c3=O)N(C)C2=O)cc1. The van der Waals surface area contributed by atoms with Crippen molar-refractivity contribution in [2.45, 2.75) is 6.92 Å². The summed E-state index contributed by atoms with van der Waals surface area (Å²) in [4.78, 5) is 55.9. The van der Waals surface area contributed by atoms with Gasteiger partial charge in [-0.2, -0.15) is 0 Å². The number of carbonyl (C=O) groups is 3. The highest BCUT2D eigenvalue weighted by atomic mass is 79.9. The van der Waals surface area contributed by atoms with Gasteiger partial charge >= 0.3 is 5.97 Å². The molecule has 0 radical (unpaired) electrons. The van der Waals surface area contributed by atoms with E-state index in [9.17, 15) is 19.2 Å². The molecule has 0 aliphatic carbocycles. The van der Waals surface area contributed by atoms with Crippen LogP contribution < -0.4 is 10.9 Å². The molecule has 2 heterocycles. The summed E-state index contributed by atoms with van der Waals surface area (Å²) in [6.45, 7) is 1.78. The number of esters is 1. The highest BCUT2D eigenvalue weighted by Gasteiger charge is 2.32. The number of aliphatic imine (C=N–C) groups is 1. The first-order valence-electron chi connectivity index (χ1n) is 10.8. The molecule has 3 aromatic rings. The van der Waals surface area contributed by atoms with Crippen LogP contribution in [0.3, 0.4) is 0 Å². The van der Waals surface area contributed by atoms with E-state index in [0.717, 1.165) is 11.8 Å². The van der Waals surface area contributed by atoms with Gasteiger partial charge in [0.15, 0.2) is 10.9 Å². The molecule has 10 nitrogen and oxygen atoms in total. The fraction of sp³-hybridized carbons (Fsp3) is 0.160. The molecule has 0 atom stereocenters. The molecule has 0 spiro atoms. The van der Waals surface area contributed by atoms with Crippen molar-refractivity contribution in [1.29, 1.82) is 0 Å². The Balaban J connectivity index is 0.00000380. The number of ether oxygens (including phenoxy) is 1. The van der Waals surface area contributed by atoms with E-state index in [1.54, 1.807) is 30.8 Å². The van der Waals surface area contributed by atoms with E-state index in [0.29, 0.717) is 22.6 Å². The largest absolute Gasteiger partial charge is 0.465 e. The summed E-state index contributed by atoms with van der Waals surface area (Å²) in [5.74, 6) is -1.41. The van der Waals surface area contributed by atoms with Crippen LogP contribution in [0.4, 0.5) is 11.4 Å². The van der Waals surface area contributed by atoms with Gasteiger partial charge in [0.1, 0.15) is 0 Å². The Kier molecular flexibility index (Phi) is 8.56. The second-order valence-corrected chi connectivity index (χ2v) is 8.85. The molecule has 0 bridgehead atoms. The summed E-state index contributed by atoms with van der Waals surface area (Å²) in [5.41, 5.74) is 2.01. The van der Waals surface area contributed by atoms with Gasteiger partial charge in [-0.3, -0.25) is 24.0 Å². The third-order valence-corrected chi connectivity index (χ3v) is 6.63. The van der Waals surface area contributed by atoms with Crippen LogP contribution in [0.25, 0.3) is 5.69 Å². The van der Waals surface area contributed by atoms with Crippen molar-refractivity contribution in [2.75, 3.05) is 19.5 Å². The molecule has 1 fully saturated rings. The van der Waals surface area contributed by atoms with Crippen molar-refractivity contribution in [2.24, 2.45) is 12.0 Å².